The molecule has 142 valence electrons. The second-order valence-electron chi connectivity index (χ2n) is 5.95. The third-order valence-electron chi connectivity index (χ3n) is 4.21. The lowest BCUT2D eigenvalue weighted by atomic mass is 10.2. The molecule has 0 fully saturated rings. The van der Waals surface area contributed by atoms with E-state index in [0.29, 0.717) is 11.6 Å². The second-order valence-corrected chi connectivity index (χ2v) is 6.89. The van der Waals surface area contributed by atoms with Gasteiger partial charge in [0.15, 0.2) is 11.0 Å². The summed E-state index contributed by atoms with van der Waals surface area (Å²) >= 11 is 1.59. The Kier molecular flexibility index (Phi) is 5.38. The molecule has 4 rings (SSSR count). The van der Waals surface area contributed by atoms with Gasteiger partial charge in [-0.25, -0.2) is 4.98 Å². The van der Waals surface area contributed by atoms with Crippen molar-refractivity contribution in [2.24, 2.45) is 0 Å². The van der Waals surface area contributed by atoms with E-state index in [1.54, 1.807) is 37.5 Å². The van der Waals surface area contributed by atoms with Crippen LogP contribution in [0.1, 0.15) is 12.6 Å². The molecule has 0 aliphatic rings. The van der Waals surface area contributed by atoms with Crippen molar-refractivity contribution in [3.8, 4) is 28.6 Å². The van der Waals surface area contributed by atoms with Crippen LogP contribution in [0.4, 0.5) is 0 Å². The van der Waals surface area contributed by atoms with Crippen molar-refractivity contribution in [3.63, 3.8) is 0 Å². The fraction of sp³-hybridized carbons (Fsp3) is 0.200. The van der Waals surface area contributed by atoms with Crippen LogP contribution in [0.5, 0.6) is 5.75 Å². The molecule has 0 bridgehead atoms. The molecular formula is C20H19N5O2S. The Morgan fingerprint density at radius 1 is 1.04 bits per heavy atom. The SMILES string of the molecule is CCn1c(SCc2coc(-c3ccc(OC)cc3)n2)nnc1-c1ccncc1. The van der Waals surface area contributed by atoms with E-state index in [1.165, 1.54) is 0 Å². The van der Waals surface area contributed by atoms with Crippen molar-refractivity contribution >= 4 is 11.8 Å². The fourth-order valence-electron chi connectivity index (χ4n) is 2.77. The van der Waals surface area contributed by atoms with E-state index >= 15 is 0 Å². The second kappa shape index (κ2) is 8.26. The Hall–Kier alpha value is -3.13. The van der Waals surface area contributed by atoms with E-state index in [-0.39, 0.29) is 0 Å². The average Bonchev–Trinajstić information content (AvgIpc) is 3.39. The molecule has 0 saturated carbocycles. The molecule has 0 spiro atoms. The zero-order valence-corrected chi connectivity index (χ0v) is 16.4. The Bertz CT molecular complexity index is 1040. The van der Waals surface area contributed by atoms with Crippen LogP contribution in [0.15, 0.2) is 64.6 Å². The highest BCUT2D eigenvalue weighted by molar-refractivity contribution is 7.98. The number of hydrogen-bond acceptors (Lipinski definition) is 7. The Labute approximate surface area is 166 Å². The van der Waals surface area contributed by atoms with Gasteiger partial charge in [0.05, 0.1) is 12.8 Å². The number of oxazole rings is 1. The van der Waals surface area contributed by atoms with Crippen molar-refractivity contribution in [1.82, 2.24) is 24.7 Å². The fourth-order valence-corrected chi connectivity index (χ4v) is 3.65. The highest BCUT2D eigenvalue weighted by Gasteiger charge is 2.14. The minimum Gasteiger partial charge on any atom is -0.497 e. The molecule has 4 aromatic rings. The summed E-state index contributed by atoms with van der Waals surface area (Å²) in [5, 5.41) is 9.54. The summed E-state index contributed by atoms with van der Waals surface area (Å²) in [6.45, 7) is 2.86. The van der Waals surface area contributed by atoms with Crippen LogP contribution < -0.4 is 4.74 Å². The normalized spacial score (nSPS) is 10.9. The van der Waals surface area contributed by atoms with Gasteiger partial charge in [0.2, 0.25) is 5.89 Å². The maximum atomic E-state index is 5.63. The zero-order valence-electron chi connectivity index (χ0n) is 15.6. The van der Waals surface area contributed by atoms with Crippen molar-refractivity contribution in [1.29, 1.82) is 0 Å². The molecule has 0 radical (unpaired) electrons. The van der Waals surface area contributed by atoms with E-state index in [4.69, 9.17) is 9.15 Å². The number of nitrogens with zero attached hydrogens (tertiary/aromatic N) is 5. The average molecular weight is 393 g/mol. The molecule has 3 heterocycles. The van der Waals surface area contributed by atoms with Crippen LogP contribution in [-0.4, -0.2) is 31.8 Å². The molecule has 0 aliphatic carbocycles. The molecule has 0 amide bonds. The van der Waals surface area contributed by atoms with E-state index in [0.717, 1.165) is 40.1 Å². The van der Waals surface area contributed by atoms with Crippen LogP contribution >= 0.6 is 11.8 Å². The number of ether oxygens (including phenoxy) is 1. The lowest BCUT2D eigenvalue weighted by molar-refractivity contribution is 0.415. The third kappa shape index (κ3) is 3.77. The Morgan fingerprint density at radius 2 is 1.82 bits per heavy atom. The Morgan fingerprint density at radius 3 is 2.54 bits per heavy atom. The van der Waals surface area contributed by atoms with Gasteiger partial charge in [0.25, 0.3) is 0 Å². The zero-order chi connectivity index (χ0) is 19.3. The van der Waals surface area contributed by atoms with Crippen molar-refractivity contribution in [2.75, 3.05) is 7.11 Å². The highest BCUT2D eigenvalue weighted by Crippen LogP contribution is 2.27. The number of benzene rings is 1. The van der Waals surface area contributed by atoms with Crippen LogP contribution in [-0.2, 0) is 12.3 Å². The minimum absolute atomic E-state index is 0.590. The van der Waals surface area contributed by atoms with Crippen molar-refractivity contribution in [3.05, 3.63) is 60.7 Å². The molecule has 3 aromatic heterocycles. The van der Waals surface area contributed by atoms with Crippen LogP contribution in [0.2, 0.25) is 0 Å². The molecule has 0 saturated heterocycles. The van der Waals surface area contributed by atoms with E-state index < -0.39 is 0 Å². The van der Waals surface area contributed by atoms with E-state index in [2.05, 4.69) is 31.7 Å². The molecule has 0 aliphatic heterocycles. The topological polar surface area (TPSA) is 78.9 Å². The first-order valence-electron chi connectivity index (χ1n) is 8.83. The van der Waals surface area contributed by atoms with Gasteiger partial charge in [-0.1, -0.05) is 11.8 Å². The van der Waals surface area contributed by atoms with Gasteiger partial charge >= 0.3 is 0 Å². The molecule has 8 heteroatoms. The van der Waals surface area contributed by atoms with Gasteiger partial charge in [0, 0.05) is 35.8 Å². The van der Waals surface area contributed by atoms with E-state index in [1.807, 2.05) is 36.4 Å². The molecule has 0 atom stereocenters. The van der Waals surface area contributed by atoms with Crippen LogP contribution in [0.3, 0.4) is 0 Å². The minimum atomic E-state index is 0.590. The molecule has 1 aromatic carbocycles. The quantitative estimate of drug-likeness (QED) is 0.433. The van der Waals surface area contributed by atoms with Crippen LogP contribution in [0.25, 0.3) is 22.8 Å². The van der Waals surface area contributed by atoms with Gasteiger partial charge in [0.1, 0.15) is 12.0 Å². The van der Waals surface area contributed by atoms with Gasteiger partial charge in [-0.15, -0.1) is 10.2 Å². The first kappa shape index (κ1) is 18.2. The summed E-state index contributed by atoms with van der Waals surface area (Å²) in [5.41, 5.74) is 2.76. The molecule has 28 heavy (non-hydrogen) atoms. The molecule has 7 nitrogen and oxygen atoms in total. The molecular weight excluding hydrogens is 374 g/mol. The number of aromatic nitrogens is 5. The largest absolute Gasteiger partial charge is 0.497 e. The van der Waals surface area contributed by atoms with Crippen LogP contribution in [0, 0.1) is 0 Å². The lowest BCUT2D eigenvalue weighted by Crippen LogP contribution is -2.00. The summed E-state index contributed by atoms with van der Waals surface area (Å²) in [5.74, 6) is 2.88. The van der Waals surface area contributed by atoms with Crippen molar-refractivity contribution < 1.29 is 9.15 Å². The summed E-state index contributed by atoms with van der Waals surface area (Å²) in [6.07, 6.45) is 5.20. The molecule has 0 unspecified atom stereocenters. The Balaban J connectivity index is 1.48. The summed E-state index contributed by atoms with van der Waals surface area (Å²) in [6, 6.07) is 11.5. The smallest absolute Gasteiger partial charge is 0.226 e. The first-order chi connectivity index (χ1) is 13.8. The van der Waals surface area contributed by atoms with E-state index in [9.17, 15) is 0 Å². The predicted octanol–water partition coefficient (Wildman–Crippen LogP) is 4.32. The summed E-state index contributed by atoms with van der Waals surface area (Å²) < 4.78 is 12.9. The predicted molar refractivity (Wildman–Crippen MR) is 107 cm³/mol. The monoisotopic (exact) mass is 393 g/mol. The number of hydrogen-bond donors (Lipinski definition) is 0. The number of thioether (sulfide) groups is 1. The maximum absolute atomic E-state index is 5.63. The highest BCUT2D eigenvalue weighted by atomic mass is 32.2. The van der Waals surface area contributed by atoms with Gasteiger partial charge in [-0.2, -0.15) is 0 Å². The molecule has 0 N–H and O–H groups in total. The van der Waals surface area contributed by atoms with Gasteiger partial charge < -0.3 is 13.7 Å². The van der Waals surface area contributed by atoms with Gasteiger partial charge in [-0.05, 0) is 43.3 Å². The summed E-state index contributed by atoms with van der Waals surface area (Å²) in [7, 11) is 1.64. The number of rotatable bonds is 7. The van der Waals surface area contributed by atoms with Gasteiger partial charge in [-0.3, -0.25) is 4.98 Å². The number of methoxy groups -OCH3 is 1. The maximum Gasteiger partial charge on any atom is 0.226 e. The first-order valence-corrected chi connectivity index (χ1v) is 9.82. The lowest BCUT2D eigenvalue weighted by Gasteiger charge is -2.06. The number of pyridine rings is 1. The van der Waals surface area contributed by atoms with Crippen molar-refractivity contribution in [2.45, 2.75) is 24.4 Å². The summed E-state index contributed by atoms with van der Waals surface area (Å²) in [4.78, 5) is 8.64. The third-order valence-corrected chi connectivity index (χ3v) is 5.21. The standard InChI is InChI=1S/C20H19N5O2S/c1-3-25-18(14-8-10-21-11-9-14)23-24-20(25)28-13-16-12-27-19(22-16)15-4-6-17(26-2)7-5-15/h4-12H,3,13H2,1-2H3.